The summed E-state index contributed by atoms with van der Waals surface area (Å²) in [7, 11) is 0. The van der Waals surface area contributed by atoms with Crippen molar-refractivity contribution in [3.8, 4) is 0 Å². The summed E-state index contributed by atoms with van der Waals surface area (Å²) in [5, 5.41) is 0. The first-order valence-electron chi connectivity index (χ1n) is 7.05. The lowest BCUT2D eigenvalue weighted by atomic mass is 9.68. The monoisotopic (exact) mass is 222 g/mol. The summed E-state index contributed by atoms with van der Waals surface area (Å²) in [4.78, 5) is 12.6. The first kappa shape index (κ1) is 12.1. The minimum Gasteiger partial charge on any atom is -0.299 e. The minimum atomic E-state index is 0.0431. The molecule has 1 heteroatoms. The van der Waals surface area contributed by atoms with Gasteiger partial charge in [0.2, 0.25) is 0 Å². The zero-order valence-corrected chi connectivity index (χ0v) is 11.1. The fourth-order valence-corrected chi connectivity index (χ4v) is 4.06. The molecule has 0 saturated heterocycles. The number of Topliss-reactive ketones (excluding diaryl/α,β-unsaturated/α-hetero) is 1. The standard InChI is InChI=1S/C15H26O/c1-11-8-12(2)10-13(9-11)14(16)15(3)6-4-5-7-15/h11-13H,4-10H2,1-3H3. The second kappa shape index (κ2) is 4.50. The first-order chi connectivity index (χ1) is 7.51. The Hall–Kier alpha value is -0.330. The lowest BCUT2D eigenvalue weighted by Crippen LogP contribution is -2.35. The average Bonchev–Trinajstić information content (AvgIpc) is 2.64. The molecule has 2 aliphatic rings. The molecule has 0 aromatic rings. The average molecular weight is 222 g/mol. The Morgan fingerprint density at radius 2 is 1.50 bits per heavy atom. The van der Waals surface area contributed by atoms with Crippen LogP contribution in [0.25, 0.3) is 0 Å². The summed E-state index contributed by atoms with van der Waals surface area (Å²) in [5.74, 6) is 2.48. The molecule has 0 amide bonds. The van der Waals surface area contributed by atoms with Crippen molar-refractivity contribution in [2.75, 3.05) is 0 Å². The van der Waals surface area contributed by atoms with E-state index in [9.17, 15) is 4.79 Å². The van der Waals surface area contributed by atoms with Crippen LogP contribution >= 0.6 is 0 Å². The third-order valence-electron chi connectivity index (χ3n) is 4.85. The van der Waals surface area contributed by atoms with E-state index in [2.05, 4.69) is 20.8 Å². The van der Waals surface area contributed by atoms with Crippen LogP contribution in [0.2, 0.25) is 0 Å². The molecule has 2 aliphatic carbocycles. The second-order valence-corrected chi connectivity index (χ2v) is 6.75. The normalized spacial score (nSPS) is 38.6. The molecule has 0 N–H and O–H groups in total. The molecule has 0 heterocycles. The Morgan fingerprint density at radius 3 is 2.00 bits per heavy atom. The van der Waals surface area contributed by atoms with E-state index in [0.29, 0.717) is 11.7 Å². The van der Waals surface area contributed by atoms with Crippen molar-refractivity contribution < 1.29 is 4.79 Å². The molecule has 0 aromatic heterocycles. The molecule has 0 aromatic carbocycles. The first-order valence-corrected chi connectivity index (χ1v) is 7.05. The van der Waals surface area contributed by atoms with Crippen molar-refractivity contribution in [3.05, 3.63) is 0 Å². The molecule has 92 valence electrons. The Morgan fingerprint density at radius 1 is 1.00 bits per heavy atom. The highest BCUT2D eigenvalue weighted by molar-refractivity contribution is 5.87. The van der Waals surface area contributed by atoms with Gasteiger partial charge in [0.05, 0.1) is 0 Å². The van der Waals surface area contributed by atoms with Crippen molar-refractivity contribution >= 4 is 5.78 Å². The Kier molecular flexibility index (Phi) is 3.42. The highest BCUT2D eigenvalue weighted by atomic mass is 16.1. The molecular weight excluding hydrogens is 196 g/mol. The number of carbonyl (C=O) groups is 1. The molecule has 0 radical (unpaired) electrons. The minimum absolute atomic E-state index is 0.0431. The molecule has 0 bridgehead atoms. The van der Waals surface area contributed by atoms with Crippen LogP contribution in [0, 0.1) is 23.2 Å². The van der Waals surface area contributed by atoms with E-state index in [0.717, 1.165) is 37.5 Å². The van der Waals surface area contributed by atoms with Crippen LogP contribution in [-0.2, 0) is 4.79 Å². The summed E-state index contributed by atoms with van der Waals surface area (Å²) in [6.45, 7) is 6.84. The maximum Gasteiger partial charge on any atom is 0.141 e. The lowest BCUT2D eigenvalue weighted by Gasteiger charge is -2.35. The molecule has 2 saturated carbocycles. The summed E-state index contributed by atoms with van der Waals surface area (Å²) >= 11 is 0. The van der Waals surface area contributed by atoms with Crippen LogP contribution in [-0.4, -0.2) is 5.78 Å². The van der Waals surface area contributed by atoms with Crippen LogP contribution < -0.4 is 0 Å². The van der Waals surface area contributed by atoms with Crippen LogP contribution in [0.1, 0.15) is 65.7 Å². The van der Waals surface area contributed by atoms with Crippen molar-refractivity contribution in [2.45, 2.75) is 65.7 Å². The summed E-state index contributed by atoms with van der Waals surface area (Å²) < 4.78 is 0. The number of hydrogen-bond donors (Lipinski definition) is 0. The van der Waals surface area contributed by atoms with Crippen LogP contribution in [0.3, 0.4) is 0 Å². The van der Waals surface area contributed by atoms with E-state index in [1.54, 1.807) is 0 Å². The molecule has 2 fully saturated rings. The van der Waals surface area contributed by atoms with E-state index in [4.69, 9.17) is 0 Å². The fourth-order valence-electron chi connectivity index (χ4n) is 4.06. The van der Waals surface area contributed by atoms with Gasteiger partial charge < -0.3 is 0 Å². The largest absolute Gasteiger partial charge is 0.299 e. The third kappa shape index (κ3) is 2.33. The van der Waals surface area contributed by atoms with Gasteiger partial charge in [0.25, 0.3) is 0 Å². The van der Waals surface area contributed by atoms with E-state index in [1.807, 2.05) is 0 Å². The summed E-state index contributed by atoms with van der Waals surface area (Å²) in [6.07, 6.45) is 8.44. The van der Waals surface area contributed by atoms with Gasteiger partial charge in [0.1, 0.15) is 5.78 Å². The summed E-state index contributed by atoms with van der Waals surface area (Å²) in [6, 6.07) is 0. The predicted octanol–water partition coefficient (Wildman–Crippen LogP) is 4.21. The van der Waals surface area contributed by atoms with Crippen molar-refractivity contribution in [1.29, 1.82) is 0 Å². The fraction of sp³-hybridized carbons (Fsp3) is 0.933. The van der Waals surface area contributed by atoms with E-state index in [-0.39, 0.29) is 5.41 Å². The maximum absolute atomic E-state index is 12.6. The topological polar surface area (TPSA) is 17.1 Å². The molecule has 2 rings (SSSR count). The number of hydrogen-bond acceptors (Lipinski definition) is 1. The molecular formula is C15H26O. The van der Waals surface area contributed by atoms with E-state index < -0.39 is 0 Å². The summed E-state index contributed by atoms with van der Waals surface area (Å²) in [5.41, 5.74) is 0.0431. The SMILES string of the molecule is CC1CC(C)CC(C(=O)C2(C)CCCC2)C1. The maximum atomic E-state index is 12.6. The van der Waals surface area contributed by atoms with Gasteiger partial charge in [-0.05, 0) is 43.9 Å². The van der Waals surface area contributed by atoms with Gasteiger partial charge in [0, 0.05) is 11.3 Å². The quantitative estimate of drug-likeness (QED) is 0.684. The lowest BCUT2D eigenvalue weighted by molar-refractivity contribution is -0.133. The molecule has 0 spiro atoms. The van der Waals surface area contributed by atoms with Crippen molar-refractivity contribution in [1.82, 2.24) is 0 Å². The number of carbonyl (C=O) groups excluding carboxylic acids is 1. The second-order valence-electron chi connectivity index (χ2n) is 6.75. The Labute approximate surface area is 100.0 Å². The van der Waals surface area contributed by atoms with Crippen molar-refractivity contribution in [2.24, 2.45) is 23.2 Å². The van der Waals surface area contributed by atoms with Gasteiger partial charge in [-0.3, -0.25) is 4.79 Å². The number of ketones is 1. The predicted molar refractivity (Wildman–Crippen MR) is 67.3 cm³/mol. The molecule has 2 unspecified atom stereocenters. The smallest absolute Gasteiger partial charge is 0.141 e. The van der Waals surface area contributed by atoms with Crippen LogP contribution in [0.4, 0.5) is 0 Å². The Balaban J connectivity index is 2.03. The van der Waals surface area contributed by atoms with Crippen molar-refractivity contribution in [3.63, 3.8) is 0 Å². The van der Waals surface area contributed by atoms with Gasteiger partial charge in [-0.15, -0.1) is 0 Å². The van der Waals surface area contributed by atoms with Gasteiger partial charge in [0.15, 0.2) is 0 Å². The Bertz CT molecular complexity index is 253. The molecule has 0 aliphatic heterocycles. The van der Waals surface area contributed by atoms with Gasteiger partial charge in [-0.1, -0.05) is 33.6 Å². The van der Waals surface area contributed by atoms with E-state index in [1.165, 1.54) is 19.3 Å². The van der Waals surface area contributed by atoms with Crippen LogP contribution in [0.15, 0.2) is 0 Å². The highest BCUT2D eigenvalue weighted by Crippen LogP contribution is 2.44. The molecule has 1 nitrogen and oxygen atoms in total. The van der Waals surface area contributed by atoms with Gasteiger partial charge in [-0.25, -0.2) is 0 Å². The van der Waals surface area contributed by atoms with Crippen LogP contribution in [0.5, 0.6) is 0 Å². The highest BCUT2D eigenvalue weighted by Gasteiger charge is 2.41. The van der Waals surface area contributed by atoms with Gasteiger partial charge in [-0.2, -0.15) is 0 Å². The van der Waals surface area contributed by atoms with E-state index >= 15 is 0 Å². The number of rotatable bonds is 2. The zero-order chi connectivity index (χ0) is 11.8. The van der Waals surface area contributed by atoms with Gasteiger partial charge >= 0.3 is 0 Å². The molecule has 2 atom stereocenters. The third-order valence-corrected chi connectivity index (χ3v) is 4.85. The zero-order valence-electron chi connectivity index (χ0n) is 11.1. The molecule has 16 heavy (non-hydrogen) atoms.